The third-order valence-electron chi connectivity index (χ3n) is 2.21. The number of benzene rings is 1. The second-order valence-electron chi connectivity index (χ2n) is 3.39. The van der Waals surface area contributed by atoms with Crippen LogP contribution in [-0.4, -0.2) is 0 Å². The van der Waals surface area contributed by atoms with E-state index in [0.717, 1.165) is 5.76 Å². The van der Waals surface area contributed by atoms with Crippen LogP contribution in [0.3, 0.4) is 0 Å². The third-order valence-corrected chi connectivity index (χ3v) is 3.80. The molecule has 0 aliphatic heterocycles. The normalized spacial score (nSPS) is 10.8. The summed E-state index contributed by atoms with van der Waals surface area (Å²) in [6.07, 6.45) is 1.58. The summed E-state index contributed by atoms with van der Waals surface area (Å²) < 4.78 is 32.4. The topological polar surface area (TPSA) is 13.1 Å². The number of furan rings is 1. The van der Waals surface area contributed by atoms with Crippen LogP contribution in [0.25, 0.3) is 0 Å². The molecule has 0 unspecified atom stereocenters. The van der Waals surface area contributed by atoms with Gasteiger partial charge in [-0.25, -0.2) is 8.78 Å². The monoisotopic (exact) mass is 318 g/mol. The fraction of sp³-hybridized carbons (Fsp3) is 0.167. The minimum absolute atomic E-state index is 0.0935. The summed E-state index contributed by atoms with van der Waals surface area (Å²) in [4.78, 5) is 0. The van der Waals surface area contributed by atoms with E-state index in [1.807, 2.05) is 6.07 Å². The van der Waals surface area contributed by atoms with E-state index in [0.29, 0.717) is 5.75 Å². The molecule has 2 aromatic rings. The molecule has 5 heteroatoms. The van der Waals surface area contributed by atoms with Gasteiger partial charge in [-0.1, -0.05) is 0 Å². The second-order valence-corrected chi connectivity index (χ2v) is 5.23. The average molecular weight is 319 g/mol. The summed E-state index contributed by atoms with van der Waals surface area (Å²) in [5.41, 5.74) is 0.0935. The van der Waals surface area contributed by atoms with Crippen LogP contribution < -0.4 is 0 Å². The molecule has 1 nitrogen and oxygen atoms in total. The molecule has 0 saturated carbocycles. The number of hydrogen-bond donors (Lipinski definition) is 0. The Balaban J connectivity index is 2.01. The molecule has 0 bridgehead atoms. The van der Waals surface area contributed by atoms with Crippen LogP contribution in [0, 0.1) is 11.6 Å². The molecule has 0 atom stereocenters. The van der Waals surface area contributed by atoms with Crippen LogP contribution >= 0.6 is 27.7 Å². The van der Waals surface area contributed by atoms with Crippen LogP contribution in [-0.2, 0) is 11.5 Å². The van der Waals surface area contributed by atoms with Crippen molar-refractivity contribution in [2.75, 3.05) is 0 Å². The van der Waals surface area contributed by atoms with Crippen molar-refractivity contribution in [3.05, 3.63) is 58.0 Å². The van der Waals surface area contributed by atoms with Gasteiger partial charge in [0.05, 0.1) is 16.5 Å². The molecule has 1 heterocycles. The van der Waals surface area contributed by atoms with Gasteiger partial charge in [-0.05, 0) is 40.2 Å². The van der Waals surface area contributed by atoms with Gasteiger partial charge in [0, 0.05) is 11.3 Å². The van der Waals surface area contributed by atoms with E-state index in [4.69, 9.17) is 4.42 Å². The van der Waals surface area contributed by atoms with Crippen molar-refractivity contribution in [2.45, 2.75) is 11.5 Å². The lowest BCUT2D eigenvalue weighted by atomic mass is 10.2. The summed E-state index contributed by atoms with van der Waals surface area (Å²) in [6, 6.07) is 6.25. The van der Waals surface area contributed by atoms with Crippen molar-refractivity contribution in [1.29, 1.82) is 0 Å². The van der Waals surface area contributed by atoms with Gasteiger partial charge >= 0.3 is 0 Å². The fourth-order valence-corrected chi connectivity index (χ4v) is 2.66. The molecule has 0 spiro atoms. The predicted molar refractivity (Wildman–Crippen MR) is 67.8 cm³/mol. The number of hydrogen-bond acceptors (Lipinski definition) is 2. The SMILES string of the molecule is Fc1ccc(Br)c(F)c1CSCc1ccco1. The first-order valence-corrected chi connectivity index (χ1v) is 6.85. The summed E-state index contributed by atoms with van der Waals surface area (Å²) >= 11 is 4.45. The highest BCUT2D eigenvalue weighted by Crippen LogP contribution is 2.26. The summed E-state index contributed by atoms with van der Waals surface area (Å²) in [7, 11) is 0. The molecule has 17 heavy (non-hydrogen) atoms. The number of rotatable bonds is 4. The second kappa shape index (κ2) is 5.69. The highest BCUT2D eigenvalue weighted by atomic mass is 79.9. The first-order valence-electron chi connectivity index (χ1n) is 4.91. The number of thioether (sulfide) groups is 1. The largest absolute Gasteiger partial charge is 0.468 e. The standard InChI is InChI=1S/C12H9BrF2OS/c13-10-3-4-11(14)9(12(10)15)7-17-6-8-2-1-5-16-8/h1-5H,6-7H2. The van der Waals surface area contributed by atoms with Crippen LogP contribution in [0.2, 0.25) is 0 Å². The smallest absolute Gasteiger partial charge is 0.144 e. The van der Waals surface area contributed by atoms with Gasteiger partial charge < -0.3 is 4.42 Å². The lowest BCUT2D eigenvalue weighted by Crippen LogP contribution is -1.94. The summed E-state index contributed by atoms with van der Waals surface area (Å²) in [5.74, 6) is 0.622. The van der Waals surface area contributed by atoms with Gasteiger partial charge in [-0.15, -0.1) is 11.8 Å². The third kappa shape index (κ3) is 3.10. The highest BCUT2D eigenvalue weighted by Gasteiger charge is 2.12. The Kier molecular flexibility index (Phi) is 4.23. The maximum atomic E-state index is 13.6. The average Bonchev–Trinajstić information content (AvgIpc) is 2.81. The molecular formula is C12H9BrF2OS. The Morgan fingerprint density at radius 2 is 2.00 bits per heavy atom. The highest BCUT2D eigenvalue weighted by molar-refractivity contribution is 9.10. The van der Waals surface area contributed by atoms with E-state index in [-0.39, 0.29) is 15.8 Å². The molecule has 0 amide bonds. The van der Waals surface area contributed by atoms with Crippen molar-refractivity contribution >= 4 is 27.7 Å². The quantitative estimate of drug-likeness (QED) is 0.754. The maximum absolute atomic E-state index is 13.6. The minimum Gasteiger partial charge on any atom is -0.468 e. The van der Waals surface area contributed by atoms with Crippen molar-refractivity contribution < 1.29 is 13.2 Å². The van der Waals surface area contributed by atoms with Gasteiger partial charge in [0.15, 0.2) is 0 Å². The predicted octanol–water partition coefficient (Wildman–Crippen LogP) is 4.75. The lowest BCUT2D eigenvalue weighted by molar-refractivity contribution is 0.530. The van der Waals surface area contributed by atoms with Crippen LogP contribution in [0.5, 0.6) is 0 Å². The maximum Gasteiger partial charge on any atom is 0.144 e. The van der Waals surface area contributed by atoms with Crippen LogP contribution in [0.1, 0.15) is 11.3 Å². The minimum atomic E-state index is -0.531. The first kappa shape index (κ1) is 12.6. The molecular weight excluding hydrogens is 310 g/mol. The van der Waals surface area contributed by atoms with Crippen molar-refractivity contribution in [1.82, 2.24) is 0 Å². The zero-order chi connectivity index (χ0) is 12.3. The van der Waals surface area contributed by atoms with Gasteiger partial charge in [0.25, 0.3) is 0 Å². The molecule has 0 aliphatic carbocycles. The molecule has 0 fully saturated rings. The van der Waals surface area contributed by atoms with Crippen molar-refractivity contribution in [3.8, 4) is 0 Å². The summed E-state index contributed by atoms with van der Waals surface area (Å²) in [5, 5.41) is 0. The zero-order valence-corrected chi connectivity index (χ0v) is 11.2. The van der Waals surface area contributed by atoms with E-state index in [1.54, 1.807) is 12.3 Å². The van der Waals surface area contributed by atoms with Gasteiger partial charge in [0.2, 0.25) is 0 Å². The Hall–Kier alpha value is -0.810. The van der Waals surface area contributed by atoms with Gasteiger partial charge in [-0.2, -0.15) is 0 Å². The Morgan fingerprint density at radius 1 is 1.18 bits per heavy atom. The Labute approximate surface area is 110 Å². The fourth-order valence-electron chi connectivity index (χ4n) is 1.35. The van der Waals surface area contributed by atoms with E-state index < -0.39 is 11.6 Å². The van der Waals surface area contributed by atoms with Gasteiger partial charge in [0.1, 0.15) is 17.4 Å². The van der Waals surface area contributed by atoms with E-state index in [1.165, 1.54) is 23.9 Å². The van der Waals surface area contributed by atoms with Crippen molar-refractivity contribution in [2.24, 2.45) is 0 Å². The van der Waals surface area contributed by atoms with E-state index >= 15 is 0 Å². The van der Waals surface area contributed by atoms with Crippen molar-refractivity contribution in [3.63, 3.8) is 0 Å². The van der Waals surface area contributed by atoms with Crippen LogP contribution in [0.4, 0.5) is 8.78 Å². The van der Waals surface area contributed by atoms with Gasteiger partial charge in [-0.3, -0.25) is 0 Å². The Morgan fingerprint density at radius 3 is 2.71 bits per heavy atom. The van der Waals surface area contributed by atoms with Crippen LogP contribution in [0.15, 0.2) is 39.4 Å². The molecule has 0 N–H and O–H groups in total. The molecule has 90 valence electrons. The molecule has 1 aromatic carbocycles. The Bertz CT molecular complexity index is 499. The van der Waals surface area contributed by atoms with E-state index in [9.17, 15) is 8.78 Å². The number of halogens is 3. The first-order chi connectivity index (χ1) is 8.18. The molecule has 2 rings (SSSR count). The van der Waals surface area contributed by atoms with E-state index in [2.05, 4.69) is 15.9 Å². The molecule has 1 aromatic heterocycles. The lowest BCUT2D eigenvalue weighted by Gasteiger charge is -2.05. The molecule has 0 aliphatic rings. The summed E-state index contributed by atoms with van der Waals surface area (Å²) in [6.45, 7) is 0. The zero-order valence-electron chi connectivity index (χ0n) is 8.75. The molecule has 0 radical (unpaired) electrons. The molecule has 0 saturated heterocycles.